The molecule has 0 fully saturated rings. The summed E-state index contributed by atoms with van der Waals surface area (Å²) in [6.07, 6.45) is 0.942. The molecule has 124 valence electrons. The Morgan fingerprint density at radius 3 is 2.83 bits per heavy atom. The quantitative estimate of drug-likeness (QED) is 0.839. The van der Waals surface area contributed by atoms with Crippen molar-refractivity contribution in [2.24, 2.45) is 0 Å². The number of methoxy groups -OCH3 is 1. The molecule has 1 aliphatic heterocycles. The van der Waals surface area contributed by atoms with E-state index in [9.17, 15) is 5.26 Å². The summed E-state index contributed by atoms with van der Waals surface area (Å²) < 4.78 is 11.4. The van der Waals surface area contributed by atoms with Crippen molar-refractivity contribution >= 4 is 11.4 Å². The third-order valence-electron chi connectivity index (χ3n) is 4.43. The maximum atomic E-state index is 9.20. The Morgan fingerprint density at radius 1 is 1.25 bits per heavy atom. The van der Waals surface area contributed by atoms with Crippen molar-refractivity contribution in [3.05, 3.63) is 53.1 Å². The Kier molecular flexibility index (Phi) is 4.73. The fourth-order valence-electron chi connectivity index (χ4n) is 3.16. The highest BCUT2D eigenvalue weighted by Crippen LogP contribution is 2.34. The summed E-state index contributed by atoms with van der Waals surface area (Å²) >= 11 is 0. The second kappa shape index (κ2) is 6.94. The zero-order valence-electron chi connectivity index (χ0n) is 14.4. The minimum Gasteiger partial charge on any atom is -0.496 e. The number of fused-ring (bicyclic) bond motifs is 1. The van der Waals surface area contributed by atoms with Crippen LogP contribution in [0.1, 0.15) is 23.6 Å². The maximum Gasteiger partial charge on any atom is 0.123 e. The van der Waals surface area contributed by atoms with Gasteiger partial charge in [-0.25, -0.2) is 0 Å². The van der Waals surface area contributed by atoms with E-state index in [0.29, 0.717) is 12.2 Å². The molecule has 4 nitrogen and oxygen atoms in total. The van der Waals surface area contributed by atoms with Crippen LogP contribution in [0, 0.1) is 18.3 Å². The lowest BCUT2D eigenvalue weighted by atomic mass is 10.0. The second-order valence-corrected chi connectivity index (χ2v) is 6.15. The van der Waals surface area contributed by atoms with Gasteiger partial charge in [0.1, 0.15) is 5.75 Å². The van der Waals surface area contributed by atoms with Gasteiger partial charge in [0.2, 0.25) is 0 Å². The van der Waals surface area contributed by atoms with Crippen LogP contribution in [-0.2, 0) is 11.2 Å². The summed E-state index contributed by atoms with van der Waals surface area (Å²) in [5, 5.41) is 9.20. The topological polar surface area (TPSA) is 45.5 Å². The molecule has 1 aliphatic rings. The van der Waals surface area contributed by atoms with E-state index >= 15 is 0 Å². The monoisotopic (exact) mass is 322 g/mol. The van der Waals surface area contributed by atoms with E-state index in [2.05, 4.69) is 36.1 Å². The number of rotatable bonds is 2. The number of ether oxygens (including phenoxy) is 2. The first-order chi connectivity index (χ1) is 11.6. The van der Waals surface area contributed by atoms with Crippen molar-refractivity contribution in [1.82, 2.24) is 0 Å². The van der Waals surface area contributed by atoms with E-state index < -0.39 is 0 Å². The van der Waals surface area contributed by atoms with Gasteiger partial charge in [0.05, 0.1) is 31.5 Å². The first-order valence-electron chi connectivity index (χ1n) is 8.19. The van der Waals surface area contributed by atoms with Gasteiger partial charge in [0.15, 0.2) is 0 Å². The molecule has 4 heteroatoms. The molecule has 0 saturated heterocycles. The van der Waals surface area contributed by atoms with Crippen molar-refractivity contribution in [2.45, 2.75) is 26.4 Å². The smallest absolute Gasteiger partial charge is 0.123 e. The molecule has 2 aromatic carbocycles. The minimum atomic E-state index is 0.146. The average molecular weight is 322 g/mol. The lowest BCUT2D eigenvalue weighted by molar-refractivity contribution is 0.0703. The van der Waals surface area contributed by atoms with Crippen LogP contribution in [0.5, 0.6) is 5.75 Å². The minimum absolute atomic E-state index is 0.146. The van der Waals surface area contributed by atoms with Crippen LogP contribution in [0.3, 0.4) is 0 Å². The van der Waals surface area contributed by atoms with Gasteiger partial charge in [0, 0.05) is 30.4 Å². The molecule has 1 atom stereocenters. The SMILES string of the molecule is COc1cc(N2CCOC(C)Cc3cc(C#N)ccc32)ccc1C. The average Bonchev–Trinajstić information content (AvgIpc) is 2.58. The van der Waals surface area contributed by atoms with E-state index in [0.717, 1.165) is 41.2 Å². The largest absolute Gasteiger partial charge is 0.496 e. The fourth-order valence-corrected chi connectivity index (χ4v) is 3.16. The van der Waals surface area contributed by atoms with E-state index in [4.69, 9.17) is 9.47 Å². The number of hydrogen-bond acceptors (Lipinski definition) is 4. The number of aryl methyl sites for hydroxylation is 1. The summed E-state index contributed by atoms with van der Waals surface area (Å²) in [5.41, 5.74) is 5.14. The Morgan fingerprint density at radius 2 is 2.08 bits per heavy atom. The van der Waals surface area contributed by atoms with E-state index in [1.807, 2.05) is 25.1 Å². The van der Waals surface area contributed by atoms with Gasteiger partial charge < -0.3 is 14.4 Å². The third-order valence-corrected chi connectivity index (χ3v) is 4.43. The highest BCUT2D eigenvalue weighted by atomic mass is 16.5. The molecule has 0 aromatic heterocycles. The fraction of sp³-hybridized carbons (Fsp3) is 0.350. The molecule has 0 amide bonds. The van der Waals surface area contributed by atoms with Crippen LogP contribution in [0.25, 0.3) is 0 Å². The van der Waals surface area contributed by atoms with Gasteiger partial charge in [-0.2, -0.15) is 5.26 Å². The lowest BCUT2D eigenvalue weighted by Crippen LogP contribution is -2.29. The number of nitriles is 1. The van der Waals surface area contributed by atoms with Gasteiger partial charge in [-0.1, -0.05) is 6.07 Å². The van der Waals surface area contributed by atoms with Crippen LogP contribution >= 0.6 is 0 Å². The van der Waals surface area contributed by atoms with Crippen LogP contribution in [0.4, 0.5) is 11.4 Å². The van der Waals surface area contributed by atoms with E-state index in [-0.39, 0.29) is 6.10 Å². The molecule has 3 rings (SSSR count). The van der Waals surface area contributed by atoms with Crippen LogP contribution in [0.15, 0.2) is 36.4 Å². The van der Waals surface area contributed by atoms with Crippen molar-refractivity contribution in [3.63, 3.8) is 0 Å². The molecule has 0 spiro atoms. The van der Waals surface area contributed by atoms with E-state index in [1.54, 1.807) is 7.11 Å². The highest BCUT2D eigenvalue weighted by molar-refractivity contribution is 5.69. The first kappa shape index (κ1) is 16.4. The van der Waals surface area contributed by atoms with Crippen molar-refractivity contribution < 1.29 is 9.47 Å². The Labute approximate surface area is 143 Å². The predicted octanol–water partition coefficient (Wildman–Crippen LogP) is 3.97. The Bertz CT molecular complexity index is 780. The van der Waals surface area contributed by atoms with E-state index in [1.165, 1.54) is 0 Å². The van der Waals surface area contributed by atoms with Gasteiger partial charge in [-0.15, -0.1) is 0 Å². The second-order valence-electron chi connectivity index (χ2n) is 6.15. The first-order valence-corrected chi connectivity index (χ1v) is 8.19. The summed E-state index contributed by atoms with van der Waals surface area (Å²) in [4.78, 5) is 2.24. The number of benzene rings is 2. The predicted molar refractivity (Wildman–Crippen MR) is 95.0 cm³/mol. The summed E-state index contributed by atoms with van der Waals surface area (Å²) in [6, 6.07) is 14.3. The lowest BCUT2D eigenvalue weighted by Gasteiger charge is -2.31. The van der Waals surface area contributed by atoms with Crippen molar-refractivity contribution in [3.8, 4) is 11.8 Å². The molecular formula is C20H22N2O2. The summed E-state index contributed by atoms with van der Waals surface area (Å²) in [7, 11) is 1.69. The molecule has 0 aliphatic carbocycles. The number of hydrogen-bond donors (Lipinski definition) is 0. The summed E-state index contributed by atoms with van der Waals surface area (Å²) in [5.74, 6) is 0.874. The van der Waals surface area contributed by atoms with Gasteiger partial charge in [0.25, 0.3) is 0 Å². The highest BCUT2D eigenvalue weighted by Gasteiger charge is 2.20. The number of anilines is 2. The van der Waals surface area contributed by atoms with Crippen LogP contribution in [0.2, 0.25) is 0 Å². The van der Waals surface area contributed by atoms with Gasteiger partial charge >= 0.3 is 0 Å². The third kappa shape index (κ3) is 3.22. The van der Waals surface area contributed by atoms with Crippen LogP contribution < -0.4 is 9.64 Å². The van der Waals surface area contributed by atoms with Crippen molar-refractivity contribution in [2.75, 3.05) is 25.2 Å². The Hall–Kier alpha value is -2.51. The zero-order valence-corrected chi connectivity index (χ0v) is 14.4. The number of nitrogens with zero attached hydrogens (tertiary/aromatic N) is 2. The molecule has 0 saturated carbocycles. The molecule has 2 aromatic rings. The molecule has 1 heterocycles. The summed E-state index contributed by atoms with van der Waals surface area (Å²) in [6.45, 7) is 5.54. The molecule has 1 unspecified atom stereocenters. The van der Waals surface area contributed by atoms with Crippen molar-refractivity contribution in [1.29, 1.82) is 5.26 Å². The molecular weight excluding hydrogens is 300 g/mol. The zero-order chi connectivity index (χ0) is 17.1. The standard InChI is InChI=1S/C20H22N2O2/c1-14-4-6-18(12-20(14)23-3)22-8-9-24-15(2)10-17-11-16(13-21)5-7-19(17)22/h4-7,11-12,15H,8-10H2,1-3H3. The van der Waals surface area contributed by atoms with Gasteiger partial charge in [-0.3, -0.25) is 0 Å². The molecule has 0 radical (unpaired) electrons. The van der Waals surface area contributed by atoms with Crippen LogP contribution in [-0.4, -0.2) is 26.4 Å². The molecule has 0 bridgehead atoms. The van der Waals surface area contributed by atoms with Gasteiger partial charge in [-0.05, 0) is 49.2 Å². The Balaban J connectivity index is 2.08. The molecule has 24 heavy (non-hydrogen) atoms. The maximum absolute atomic E-state index is 9.20. The molecule has 0 N–H and O–H groups in total. The normalized spacial score (nSPS) is 17.4.